The number of fused-ring (bicyclic) bond motifs is 1. The van der Waals surface area contributed by atoms with Crippen LogP contribution < -0.4 is 15.0 Å². The molecule has 0 radical (unpaired) electrons. The smallest absolute Gasteiger partial charge is 0.269 e. The Bertz CT molecular complexity index is 1130. The second kappa shape index (κ2) is 8.58. The van der Waals surface area contributed by atoms with Crippen LogP contribution in [0.5, 0.6) is 5.88 Å². The topological polar surface area (TPSA) is 96.1 Å². The summed E-state index contributed by atoms with van der Waals surface area (Å²) >= 11 is 0. The summed E-state index contributed by atoms with van der Waals surface area (Å²) in [6.07, 6.45) is 4.76. The van der Waals surface area contributed by atoms with Crippen LogP contribution in [0.3, 0.4) is 0 Å². The third kappa shape index (κ3) is 4.27. The predicted molar refractivity (Wildman–Crippen MR) is 117 cm³/mol. The van der Waals surface area contributed by atoms with Crippen molar-refractivity contribution in [3.63, 3.8) is 0 Å². The fourth-order valence-corrected chi connectivity index (χ4v) is 3.58. The Labute approximate surface area is 181 Å². The third-order valence-electron chi connectivity index (χ3n) is 5.48. The van der Waals surface area contributed by atoms with E-state index >= 15 is 0 Å². The van der Waals surface area contributed by atoms with Crippen molar-refractivity contribution < 1.29 is 9.53 Å². The predicted octanol–water partition coefficient (Wildman–Crippen LogP) is 2.47. The molecule has 1 aliphatic rings. The van der Waals surface area contributed by atoms with Gasteiger partial charge in [-0.2, -0.15) is 10.4 Å². The van der Waals surface area contributed by atoms with Crippen LogP contribution in [0.15, 0.2) is 48.9 Å². The maximum Gasteiger partial charge on any atom is 0.269 e. The van der Waals surface area contributed by atoms with Gasteiger partial charge in [0.25, 0.3) is 5.91 Å². The minimum atomic E-state index is -0.637. The van der Waals surface area contributed by atoms with Crippen LogP contribution in [0.2, 0.25) is 0 Å². The van der Waals surface area contributed by atoms with Gasteiger partial charge in [-0.05, 0) is 29.7 Å². The molecule has 3 heterocycles. The molecule has 8 nitrogen and oxygen atoms in total. The summed E-state index contributed by atoms with van der Waals surface area (Å²) in [5.41, 5.74) is 4.23. The first-order valence-electron chi connectivity index (χ1n) is 10.1. The fraction of sp³-hybridized carbons (Fsp3) is 0.304. The van der Waals surface area contributed by atoms with E-state index in [-0.39, 0.29) is 11.8 Å². The Kier molecular flexibility index (Phi) is 5.69. The summed E-state index contributed by atoms with van der Waals surface area (Å²) in [6, 6.07) is 11.6. The van der Waals surface area contributed by atoms with Crippen molar-refractivity contribution >= 4 is 11.6 Å². The van der Waals surface area contributed by atoms with Gasteiger partial charge in [0.15, 0.2) is 6.10 Å². The standard InChI is InChI=1S/C23H24N6O2/c1-15(17-6-4-16(9-24)5-7-17)10-25-13-21-23(30)29(3)20-8-18(11-26-22(20)31-21)19-12-27-28(2)14-19/h4-8,11-12,14-15,21,25H,10,13H2,1-3H3. The summed E-state index contributed by atoms with van der Waals surface area (Å²) in [6.45, 7) is 3.17. The molecule has 0 saturated carbocycles. The van der Waals surface area contributed by atoms with Crippen LogP contribution in [0.4, 0.5) is 5.69 Å². The first-order chi connectivity index (χ1) is 15.0. The second-order valence-electron chi connectivity index (χ2n) is 7.75. The zero-order valence-electron chi connectivity index (χ0n) is 17.7. The van der Waals surface area contributed by atoms with Crippen molar-refractivity contribution in [2.45, 2.75) is 18.9 Å². The molecule has 0 bridgehead atoms. The lowest BCUT2D eigenvalue weighted by Crippen LogP contribution is -2.49. The number of pyridine rings is 1. The van der Waals surface area contributed by atoms with Crippen molar-refractivity contribution in [3.8, 4) is 23.1 Å². The molecule has 2 aromatic heterocycles. The van der Waals surface area contributed by atoms with E-state index in [0.29, 0.717) is 30.2 Å². The minimum Gasteiger partial charge on any atom is -0.461 e. The number of aromatic nitrogens is 3. The number of hydrogen-bond donors (Lipinski definition) is 1. The number of carbonyl (C=O) groups is 1. The molecule has 158 valence electrons. The molecule has 8 heteroatoms. The number of nitrogens with zero attached hydrogens (tertiary/aromatic N) is 5. The van der Waals surface area contributed by atoms with Gasteiger partial charge in [0.1, 0.15) is 5.69 Å². The van der Waals surface area contributed by atoms with Crippen LogP contribution >= 0.6 is 0 Å². The zero-order chi connectivity index (χ0) is 22.0. The van der Waals surface area contributed by atoms with E-state index in [2.05, 4.69) is 28.4 Å². The average molecular weight is 416 g/mol. The largest absolute Gasteiger partial charge is 0.461 e. The van der Waals surface area contributed by atoms with Crippen molar-refractivity contribution in [2.24, 2.45) is 7.05 Å². The number of likely N-dealkylation sites (N-methyl/N-ethyl adjacent to an activating group) is 1. The van der Waals surface area contributed by atoms with Gasteiger partial charge in [-0.1, -0.05) is 19.1 Å². The van der Waals surface area contributed by atoms with E-state index in [1.807, 2.05) is 43.6 Å². The van der Waals surface area contributed by atoms with Gasteiger partial charge in [0, 0.05) is 50.7 Å². The maximum atomic E-state index is 12.8. The monoisotopic (exact) mass is 416 g/mol. The lowest BCUT2D eigenvalue weighted by atomic mass is 10.00. The molecule has 31 heavy (non-hydrogen) atoms. The number of ether oxygens (including phenoxy) is 1. The number of benzene rings is 1. The Morgan fingerprint density at radius 2 is 2.00 bits per heavy atom. The lowest BCUT2D eigenvalue weighted by molar-refractivity contribution is -0.126. The highest BCUT2D eigenvalue weighted by Crippen LogP contribution is 2.34. The van der Waals surface area contributed by atoms with Gasteiger partial charge >= 0.3 is 0 Å². The Morgan fingerprint density at radius 3 is 2.68 bits per heavy atom. The molecule has 1 amide bonds. The van der Waals surface area contributed by atoms with Crippen molar-refractivity contribution in [3.05, 3.63) is 60.0 Å². The minimum absolute atomic E-state index is 0.115. The number of rotatable bonds is 6. The maximum absolute atomic E-state index is 12.8. The van der Waals surface area contributed by atoms with E-state index in [1.54, 1.807) is 29.0 Å². The highest BCUT2D eigenvalue weighted by molar-refractivity contribution is 5.99. The van der Waals surface area contributed by atoms with Crippen LogP contribution in [-0.2, 0) is 11.8 Å². The highest BCUT2D eigenvalue weighted by Gasteiger charge is 2.33. The summed E-state index contributed by atoms with van der Waals surface area (Å²) in [5, 5.41) is 16.4. The normalized spacial score (nSPS) is 16.4. The van der Waals surface area contributed by atoms with E-state index < -0.39 is 6.10 Å². The van der Waals surface area contributed by atoms with E-state index in [4.69, 9.17) is 10.00 Å². The number of amides is 1. The summed E-state index contributed by atoms with van der Waals surface area (Å²) in [7, 11) is 3.60. The molecule has 3 aromatic rings. The van der Waals surface area contributed by atoms with Gasteiger partial charge in [0.05, 0.1) is 17.8 Å². The summed E-state index contributed by atoms with van der Waals surface area (Å²) in [5.74, 6) is 0.564. The number of nitrogens with one attached hydrogen (secondary N) is 1. The number of hydrogen-bond acceptors (Lipinski definition) is 6. The Hall–Kier alpha value is -3.70. The molecule has 4 rings (SSSR count). The first kappa shape index (κ1) is 20.6. The van der Waals surface area contributed by atoms with Gasteiger partial charge in [-0.3, -0.25) is 9.48 Å². The van der Waals surface area contributed by atoms with E-state index in [9.17, 15) is 4.79 Å². The van der Waals surface area contributed by atoms with E-state index in [0.717, 1.165) is 16.7 Å². The lowest BCUT2D eigenvalue weighted by Gasteiger charge is -2.31. The average Bonchev–Trinajstić information content (AvgIpc) is 3.23. The molecule has 0 spiro atoms. The van der Waals surface area contributed by atoms with Gasteiger partial charge in [-0.15, -0.1) is 0 Å². The van der Waals surface area contributed by atoms with Crippen LogP contribution in [0.25, 0.3) is 11.1 Å². The molecule has 0 fully saturated rings. The second-order valence-corrected chi connectivity index (χ2v) is 7.75. The molecular weight excluding hydrogens is 392 g/mol. The Balaban J connectivity index is 1.40. The summed E-state index contributed by atoms with van der Waals surface area (Å²) in [4.78, 5) is 18.9. The molecular formula is C23H24N6O2. The first-order valence-corrected chi connectivity index (χ1v) is 10.1. The molecule has 1 N–H and O–H groups in total. The molecule has 1 aliphatic heterocycles. The molecule has 0 aliphatic carbocycles. The quantitative estimate of drug-likeness (QED) is 0.663. The highest BCUT2D eigenvalue weighted by atomic mass is 16.5. The van der Waals surface area contributed by atoms with Crippen molar-refractivity contribution in [1.82, 2.24) is 20.1 Å². The molecule has 2 unspecified atom stereocenters. The van der Waals surface area contributed by atoms with Crippen molar-refractivity contribution in [1.29, 1.82) is 5.26 Å². The Morgan fingerprint density at radius 1 is 1.23 bits per heavy atom. The van der Waals surface area contributed by atoms with Crippen LogP contribution in [-0.4, -0.2) is 46.9 Å². The number of anilines is 1. The SMILES string of the molecule is CC(CNCC1Oc2ncc(-c3cnn(C)c3)cc2N(C)C1=O)c1ccc(C#N)cc1. The summed E-state index contributed by atoms with van der Waals surface area (Å²) < 4.78 is 7.63. The van der Waals surface area contributed by atoms with Gasteiger partial charge in [0.2, 0.25) is 5.88 Å². The van der Waals surface area contributed by atoms with Gasteiger partial charge < -0.3 is 15.0 Å². The number of nitriles is 1. The molecule has 2 atom stereocenters. The van der Waals surface area contributed by atoms with Crippen LogP contribution in [0.1, 0.15) is 24.0 Å². The number of aryl methyl sites for hydroxylation is 1. The van der Waals surface area contributed by atoms with Crippen molar-refractivity contribution in [2.75, 3.05) is 25.0 Å². The van der Waals surface area contributed by atoms with Gasteiger partial charge in [-0.25, -0.2) is 4.98 Å². The van der Waals surface area contributed by atoms with Crippen LogP contribution in [0, 0.1) is 11.3 Å². The molecule has 0 saturated heterocycles. The number of carbonyl (C=O) groups excluding carboxylic acids is 1. The third-order valence-corrected chi connectivity index (χ3v) is 5.48. The zero-order valence-corrected chi connectivity index (χ0v) is 17.7. The van der Waals surface area contributed by atoms with E-state index in [1.165, 1.54) is 0 Å². The molecule has 1 aromatic carbocycles. The fourth-order valence-electron chi connectivity index (χ4n) is 3.58.